The Labute approximate surface area is 272 Å². The van der Waals surface area contributed by atoms with Crippen molar-refractivity contribution in [2.75, 3.05) is 54.1 Å². The van der Waals surface area contributed by atoms with Crippen molar-refractivity contribution in [1.29, 1.82) is 0 Å². The van der Waals surface area contributed by atoms with Crippen molar-refractivity contribution in [3.63, 3.8) is 0 Å². The predicted molar refractivity (Wildman–Crippen MR) is 176 cm³/mol. The zero-order chi connectivity index (χ0) is 33.0. The second-order valence-electron chi connectivity index (χ2n) is 11.0. The molecule has 0 aliphatic carbocycles. The Hall–Kier alpha value is -4.58. The zero-order valence-electron chi connectivity index (χ0n) is 27.1. The maximum Gasteiger partial charge on any atom is 0.271 e. The van der Waals surface area contributed by atoms with E-state index in [0.717, 1.165) is 25.9 Å². The first-order valence-corrected chi connectivity index (χ1v) is 16.2. The monoisotopic (exact) mass is 648 g/mol. The second kappa shape index (κ2) is 14.2. The van der Waals surface area contributed by atoms with Crippen molar-refractivity contribution in [1.82, 2.24) is 14.4 Å². The van der Waals surface area contributed by atoms with Crippen LogP contribution in [-0.4, -0.2) is 80.3 Å². The molecule has 244 valence electrons. The number of rotatable bonds is 11. The Kier molecular flexibility index (Phi) is 10.2. The molecular weight excluding hydrogens is 608 g/mol. The molecule has 46 heavy (non-hydrogen) atoms. The van der Waals surface area contributed by atoms with Crippen molar-refractivity contribution >= 4 is 29.2 Å². The molecule has 5 rings (SSSR count). The van der Waals surface area contributed by atoms with Crippen LogP contribution in [0.3, 0.4) is 0 Å². The third kappa shape index (κ3) is 6.39. The van der Waals surface area contributed by atoms with E-state index in [0.29, 0.717) is 67.8 Å². The minimum absolute atomic E-state index is 0.0545. The summed E-state index contributed by atoms with van der Waals surface area (Å²) in [5.74, 6) is 1.72. The molecule has 0 unspecified atom stereocenters. The Morgan fingerprint density at radius 2 is 1.67 bits per heavy atom. The number of carbonyl (C=O) groups excluding carboxylic acids is 2. The zero-order valence-corrected chi connectivity index (χ0v) is 27.9. The number of nitrogens with zero attached hydrogens (tertiary/aromatic N) is 4. The van der Waals surface area contributed by atoms with E-state index in [4.69, 9.17) is 23.9 Å². The van der Waals surface area contributed by atoms with Crippen LogP contribution in [0.25, 0.3) is 6.08 Å². The van der Waals surface area contributed by atoms with Crippen molar-refractivity contribution in [2.45, 2.75) is 39.7 Å². The Balaban J connectivity index is 1.58. The standard InChI is InChI=1S/C34H40N4O7S/c1-7-36(8-2)33(41)30-21(3)35-34-38(31(30)24-19-23(42-4)12-14-25(24)43-5)32(40)28(46-34)18-22-11-13-26(27(17-22)44-6)45-20-29(39)37-15-9-10-16-37/h11-14,17-19,31H,7-10,15-16,20H2,1-6H3/b28-18-/t31-/m0/s1. The summed E-state index contributed by atoms with van der Waals surface area (Å²) < 4.78 is 24.6. The van der Waals surface area contributed by atoms with Crippen molar-refractivity contribution in [3.8, 4) is 23.0 Å². The highest BCUT2D eigenvalue weighted by Gasteiger charge is 2.36. The predicted octanol–water partition coefficient (Wildman–Crippen LogP) is 3.13. The number of aromatic nitrogens is 1. The summed E-state index contributed by atoms with van der Waals surface area (Å²) in [6.07, 6.45) is 3.78. The van der Waals surface area contributed by atoms with Gasteiger partial charge in [0.25, 0.3) is 17.4 Å². The summed E-state index contributed by atoms with van der Waals surface area (Å²) >= 11 is 1.24. The maximum absolute atomic E-state index is 14.2. The quantitative estimate of drug-likeness (QED) is 0.314. The maximum atomic E-state index is 14.2. The van der Waals surface area contributed by atoms with Crippen molar-refractivity contribution in [2.24, 2.45) is 4.99 Å². The van der Waals surface area contributed by atoms with E-state index in [-0.39, 0.29) is 24.0 Å². The smallest absolute Gasteiger partial charge is 0.271 e. The minimum atomic E-state index is -0.796. The van der Waals surface area contributed by atoms with Crippen LogP contribution in [0, 0.1) is 0 Å². The number of hydrogen-bond donors (Lipinski definition) is 0. The van der Waals surface area contributed by atoms with Gasteiger partial charge in [0.15, 0.2) is 22.9 Å². The Morgan fingerprint density at radius 1 is 0.978 bits per heavy atom. The van der Waals surface area contributed by atoms with Gasteiger partial charge in [-0.2, -0.15) is 0 Å². The molecule has 0 saturated carbocycles. The number of amides is 2. The van der Waals surface area contributed by atoms with Crippen LogP contribution in [0.1, 0.15) is 50.8 Å². The number of thiazole rings is 1. The lowest BCUT2D eigenvalue weighted by Crippen LogP contribution is -2.43. The molecule has 2 aromatic carbocycles. The number of fused-ring (bicyclic) bond motifs is 1. The first-order chi connectivity index (χ1) is 22.2. The van der Waals surface area contributed by atoms with Crippen LogP contribution in [0.4, 0.5) is 0 Å². The van der Waals surface area contributed by atoms with E-state index in [1.54, 1.807) is 78.0 Å². The van der Waals surface area contributed by atoms with E-state index >= 15 is 0 Å². The molecule has 0 spiro atoms. The van der Waals surface area contributed by atoms with Gasteiger partial charge in [-0.05, 0) is 75.6 Å². The van der Waals surface area contributed by atoms with E-state index in [2.05, 4.69) is 0 Å². The molecule has 2 aliphatic rings. The van der Waals surface area contributed by atoms with Crippen LogP contribution in [0.15, 0.2) is 57.5 Å². The van der Waals surface area contributed by atoms with Crippen molar-refractivity contribution in [3.05, 3.63) is 78.5 Å². The van der Waals surface area contributed by atoms with Gasteiger partial charge in [-0.3, -0.25) is 19.0 Å². The normalized spacial score (nSPS) is 16.2. The lowest BCUT2D eigenvalue weighted by molar-refractivity contribution is -0.132. The summed E-state index contributed by atoms with van der Waals surface area (Å²) in [6, 6.07) is 9.85. The molecule has 12 heteroatoms. The van der Waals surface area contributed by atoms with Crippen LogP contribution < -0.4 is 33.8 Å². The molecule has 1 atom stereocenters. The average Bonchev–Trinajstić information content (AvgIpc) is 3.72. The third-order valence-corrected chi connectivity index (χ3v) is 9.31. The van der Waals surface area contributed by atoms with Gasteiger partial charge < -0.3 is 28.7 Å². The Morgan fingerprint density at radius 3 is 2.33 bits per heavy atom. The molecule has 1 aromatic heterocycles. The first kappa shape index (κ1) is 32.8. The summed E-state index contributed by atoms with van der Waals surface area (Å²) in [4.78, 5) is 49.4. The van der Waals surface area contributed by atoms with Gasteiger partial charge in [-0.15, -0.1) is 0 Å². The molecule has 0 radical (unpaired) electrons. The molecule has 0 bridgehead atoms. The van der Waals surface area contributed by atoms with Gasteiger partial charge in [0.1, 0.15) is 17.5 Å². The number of ether oxygens (including phenoxy) is 4. The van der Waals surface area contributed by atoms with Crippen LogP contribution in [-0.2, 0) is 9.59 Å². The summed E-state index contributed by atoms with van der Waals surface area (Å²) in [6.45, 7) is 8.09. The fraction of sp³-hybridized carbons (Fsp3) is 0.412. The lowest BCUT2D eigenvalue weighted by atomic mass is 9.93. The van der Waals surface area contributed by atoms with E-state index in [9.17, 15) is 14.4 Å². The summed E-state index contributed by atoms with van der Waals surface area (Å²) in [5.41, 5.74) is 1.95. The SMILES string of the molecule is CCN(CC)C(=O)C1=C(C)N=c2s/c(=C\c3ccc(OCC(=O)N4CCCC4)c(OC)c3)c(=O)n2[C@H]1c1cc(OC)ccc1OC. The summed E-state index contributed by atoms with van der Waals surface area (Å²) in [5, 5.41) is 0. The topological polar surface area (TPSA) is 112 Å². The number of likely N-dealkylation sites (N-methyl/N-ethyl adjacent to an activating group) is 1. The van der Waals surface area contributed by atoms with Gasteiger partial charge in [0.2, 0.25) is 0 Å². The molecule has 3 aromatic rings. The van der Waals surface area contributed by atoms with E-state index < -0.39 is 6.04 Å². The molecule has 1 saturated heterocycles. The fourth-order valence-corrected chi connectivity index (χ4v) is 6.91. The third-order valence-electron chi connectivity index (χ3n) is 8.33. The molecule has 2 amide bonds. The van der Waals surface area contributed by atoms with E-state index in [1.165, 1.54) is 18.4 Å². The van der Waals surface area contributed by atoms with Gasteiger partial charge in [-0.1, -0.05) is 17.4 Å². The number of methoxy groups -OCH3 is 3. The number of hydrogen-bond acceptors (Lipinski definition) is 9. The molecular formula is C34H40N4O7S. The van der Waals surface area contributed by atoms with Gasteiger partial charge in [0, 0.05) is 31.7 Å². The number of carbonyl (C=O) groups is 2. The second-order valence-corrected chi connectivity index (χ2v) is 12.0. The van der Waals surface area contributed by atoms with Gasteiger partial charge in [0.05, 0.1) is 37.1 Å². The van der Waals surface area contributed by atoms with Crippen molar-refractivity contribution < 1.29 is 28.5 Å². The number of benzene rings is 2. The highest BCUT2D eigenvalue weighted by atomic mass is 32.1. The minimum Gasteiger partial charge on any atom is -0.497 e. The van der Waals surface area contributed by atoms with Gasteiger partial charge in [-0.25, -0.2) is 4.99 Å². The number of allylic oxidation sites excluding steroid dienone is 1. The molecule has 2 aliphatic heterocycles. The molecule has 0 N–H and O–H groups in total. The van der Waals surface area contributed by atoms with Crippen LogP contribution >= 0.6 is 11.3 Å². The molecule has 11 nitrogen and oxygen atoms in total. The highest BCUT2D eigenvalue weighted by molar-refractivity contribution is 7.07. The van der Waals surface area contributed by atoms with Crippen LogP contribution in [0.2, 0.25) is 0 Å². The Bertz CT molecular complexity index is 1830. The van der Waals surface area contributed by atoms with Gasteiger partial charge >= 0.3 is 0 Å². The lowest BCUT2D eigenvalue weighted by Gasteiger charge is -2.30. The first-order valence-electron chi connectivity index (χ1n) is 15.4. The van der Waals surface area contributed by atoms with Crippen LogP contribution in [0.5, 0.6) is 23.0 Å². The highest BCUT2D eigenvalue weighted by Crippen LogP contribution is 2.38. The average molecular weight is 649 g/mol. The van der Waals surface area contributed by atoms with E-state index in [1.807, 2.05) is 13.8 Å². The molecule has 1 fully saturated rings. The molecule has 3 heterocycles. The summed E-state index contributed by atoms with van der Waals surface area (Å²) in [7, 11) is 4.65. The fourth-order valence-electron chi connectivity index (χ4n) is 5.87. The number of likely N-dealkylation sites (tertiary alicyclic amines) is 1. The largest absolute Gasteiger partial charge is 0.497 e.